The van der Waals surface area contributed by atoms with Crippen molar-refractivity contribution in [2.75, 3.05) is 0 Å². The predicted octanol–water partition coefficient (Wildman–Crippen LogP) is 4.47. The zero-order chi connectivity index (χ0) is 12.5. The highest BCUT2D eigenvalue weighted by Crippen LogP contribution is 2.30. The van der Waals surface area contributed by atoms with Crippen molar-refractivity contribution in [1.82, 2.24) is 4.98 Å². The van der Waals surface area contributed by atoms with E-state index >= 15 is 0 Å². The Balaban J connectivity index is 2.26. The average Bonchev–Trinajstić information content (AvgIpc) is 2.80. The number of benzene rings is 2. The maximum absolute atomic E-state index is 9.14. The van der Waals surface area contributed by atoms with Crippen LogP contribution >= 0.6 is 15.9 Å². The van der Waals surface area contributed by atoms with Crippen LogP contribution in [0.3, 0.4) is 0 Å². The van der Waals surface area contributed by atoms with Gasteiger partial charge in [-0.05, 0) is 45.3 Å². The monoisotopic (exact) mass is 296 g/mol. The molecule has 1 N–H and O–H groups in total. The largest absolute Gasteiger partial charge is 0.360 e. The summed E-state index contributed by atoms with van der Waals surface area (Å²) in [5, 5.41) is 10.3. The van der Waals surface area contributed by atoms with Crippen LogP contribution < -0.4 is 0 Å². The van der Waals surface area contributed by atoms with Crippen molar-refractivity contribution in [3.05, 3.63) is 58.7 Å². The van der Waals surface area contributed by atoms with Crippen LogP contribution in [0.1, 0.15) is 5.56 Å². The minimum Gasteiger partial charge on any atom is -0.360 e. The number of halogens is 1. The van der Waals surface area contributed by atoms with Gasteiger partial charge in [0.05, 0.1) is 11.6 Å². The molecular weight excluding hydrogens is 288 g/mol. The zero-order valence-corrected chi connectivity index (χ0v) is 11.0. The number of aromatic nitrogens is 1. The van der Waals surface area contributed by atoms with Gasteiger partial charge in [0, 0.05) is 21.6 Å². The van der Waals surface area contributed by atoms with Gasteiger partial charge in [-0.25, -0.2) is 0 Å². The molecule has 3 aromatic rings. The van der Waals surface area contributed by atoms with E-state index in [-0.39, 0.29) is 0 Å². The maximum atomic E-state index is 9.14. The third kappa shape index (κ3) is 1.71. The normalized spacial score (nSPS) is 10.4. The van der Waals surface area contributed by atoms with Crippen molar-refractivity contribution >= 4 is 26.8 Å². The molecule has 0 aliphatic heterocycles. The number of hydrogen-bond acceptors (Lipinski definition) is 1. The van der Waals surface area contributed by atoms with Gasteiger partial charge in [-0.15, -0.1) is 0 Å². The molecule has 0 bridgehead atoms. The number of rotatable bonds is 1. The van der Waals surface area contributed by atoms with Gasteiger partial charge in [0.1, 0.15) is 0 Å². The number of nitrogens with zero attached hydrogens (tertiary/aromatic N) is 1. The molecule has 0 radical (unpaired) electrons. The predicted molar refractivity (Wildman–Crippen MR) is 76.1 cm³/mol. The molecule has 0 saturated carbocycles. The first kappa shape index (κ1) is 11.1. The third-order valence-electron chi connectivity index (χ3n) is 2.99. The van der Waals surface area contributed by atoms with Gasteiger partial charge in [0.25, 0.3) is 0 Å². The standard InChI is InChI=1S/C15H9BrN2/c16-14-9-18-15-6-5-10(7-13(14)15)12-4-2-1-3-11(12)8-17/h1-7,9,18H. The van der Waals surface area contributed by atoms with Gasteiger partial charge >= 0.3 is 0 Å². The summed E-state index contributed by atoms with van der Waals surface area (Å²) in [6, 6.07) is 16.0. The van der Waals surface area contributed by atoms with E-state index in [1.165, 1.54) is 0 Å². The smallest absolute Gasteiger partial charge is 0.0998 e. The van der Waals surface area contributed by atoms with Crippen molar-refractivity contribution in [1.29, 1.82) is 5.26 Å². The van der Waals surface area contributed by atoms with Crippen LogP contribution in [-0.2, 0) is 0 Å². The Labute approximate surface area is 113 Å². The molecule has 0 spiro atoms. The molecule has 0 unspecified atom stereocenters. The molecular formula is C15H9BrN2. The lowest BCUT2D eigenvalue weighted by Crippen LogP contribution is -1.83. The second-order valence-corrected chi connectivity index (χ2v) is 4.91. The van der Waals surface area contributed by atoms with E-state index in [0.29, 0.717) is 5.56 Å². The molecule has 3 rings (SSSR count). The van der Waals surface area contributed by atoms with Gasteiger partial charge in [-0.1, -0.05) is 24.3 Å². The fourth-order valence-corrected chi connectivity index (χ4v) is 2.53. The molecule has 18 heavy (non-hydrogen) atoms. The summed E-state index contributed by atoms with van der Waals surface area (Å²) in [6.07, 6.45) is 1.92. The zero-order valence-electron chi connectivity index (χ0n) is 9.44. The van der Waals surface area contributed by atoms with Crippen LogP contribution in [0.5, 0.6) is 0 Å². The minimum absolute atomic E-state index is 0.698. The first-order valence-corrected chi connectivity index (χ1v) is 6.35. The van der Waals surface area contributed by atoms with E-state index in [2.05, 4.69) is 33.0 Å². The Kier molecular flexibility index (Phi) is 2.66. The Hall–Kier alpha value is -2.05. The van der Waals surface area contributed by atoms with Crippen LogP contribution in [0.15, 0.2) is 53.1 Å². The number of nitrogens with one attached hydrogen (secondary N) is 1. The summed E-state index contributed by atoms with van der Waals surface area (Å²) in [5.74, 6) is 0. The van der Waals surface area contributed by atoms with E-state index in [9.17, 15) is 0 Å². The fraction of sp³-hybridized carbons (Fsp3) is 0. The van der Waals surface area contributed by atoms with Crippen LogP contribution in [0, 0.1) is 11.3 Å². The Morgan fingerprint density at radius 1 is 1.11 bits per heavy atom. The SMILES string of the molecule is N#Cc1ccccc1-c1ccc2[nH]cc(Br)c2c1. The molecule has 1 aromatic heterocycles. The fourth-order valence-electron chi connectivity index (χ4n) is 2.09. The molecule has 0 aliphatic carbocycles. The molecule has 0 amide bonds. The molecule has 2 aromatic carbocycles. The first-order valence-electron chi connectivity index (χ1n) is 5.56. The molecule has 2 nitrogen and oxygen atoms in total. The highest BCUT2D eigenvalue weighted by Gasteiger charge is 2.07. The minimum atomic E-state index is 0.698. The molecule has 0 atom stereocenters. The van der Waals surface area contributed by atoms with Crippen molar-refractivity contribution in [2.45, 2.75) is 0 Å². The van der Waals surface area contributed by atoms with Crippen LogP contribution in [0.2, 0.25) is 0 Å². The van der Waals surface area contributed by atoms with Gasteiger partial charge in [0.2, 0.25) is 0 Å². The Morgan fingerprint density at radius 2 is 1.94 bits per heavy atom. The third-order valence-corrected chi connectivity index (χ3v) is 3.65. The van der Waals surface area contributed by atoms with E-state index < -0.39 is 0 Å². The van der Waals surface area contributed by atoms with Crippen LogP contribution in [0.25, 0.3) is 22.0 Å². The van der Waals surface area contributed by atoms with Gasteiger partial charge < -0.3 is 4.98 Å². The Bertz CT molecular complexity index is 766. The van der Waals surface area contributed by atoms with Gasteiger partial charge in [-0.3, -0.25) is 0 Å². The maximum Gasteiger partial charge on any atom is 0.0998 e. The summed E-state index contributed by atoms with van der Waals surface area (Å²) < 4.78 is 1.04. The van der Waals surface area contributed by atoms with Crippen molar-refractivity contribution in [2.24, 2.45) is 0 Å². The van der Waals surface area contributed by atoms with Crippen molar-refractivity contribution < 1.29 is 0 Å². The first-order chi connectivity index (χ1) is 8.79. The van der Waals surface area contributed by atoms with E-state index in [4.69, 9.17) is 5.26 Å². The highest BCUT2D eigenvalue weighted by atomic mass is 79.9. The lowest BCUT2D eigenvalue weighted by Gasteiger charge is -2.04. The number of nitriles is 1. The summed E-state index contributed by atoms with van der Waals surface area (Å²) in [6.45, 7) is 0. The molecule has 3 heteroatoms. The second-order valence-electron chi connectivity index (χ2n) is 4.05. The van der Waals surface area contributed by atoms with Crippen LogP contribution in [0.4, 0.5) is 0 Å². The second kappa shape index (κ2) is 4.32. The molecule has 0 fully saturated rings. The summed E-state index contributed by atoms with van der Waals surface area (Å²) in [5.41, 5.74) is 3.80. The lowest BCUT2D eigenvalue weighted by atomic mass is 9.99. The average molecular weight is 297 g/mol. The van der Waals surface area contributed by atoms with Crippen molar-refractivity contribution in [3.8, 4) is 17.2 Å². The quantitative estimate of drug-likeness (QED) is 0.707. The molecule has 0 saturated heterocycles. The van der Waals surface area contributed by atoms with Crippen molar-refractivity contribution in [3.63, 3.8) is 0 Å². The molecule has 86 valence electrons. The number of H-pyrrole nitrogens is 1. The van der Waals surface area contributed by atoms with Crippen LogP contribution in [-0.4, -0.2) is 4.98 Å². The van der Waals surface area contributed by atoms with Gasteiger partial charge in [0.15, 0.2) is 0 Å². The number of hydrogen-bond donors (Lipinski definition) is 1. The van der Waals surface area contributed by atoms with Gasteiger partial charge in [-0.2, -0.15) is 5.26 Å². The highest BCUT2D eigenvalue weighted by molar-refractivity contribution is 9.10. The summed E-state index contributed by atoms with van der Waals surface area (Å²) in [4.78, 5) is 3.18. The van der Waals surface area contributed by atoms with E-state index in [1.807, 2.05) is 42.6 Å². The summed E-state index contributed by atoms with van der Waals surface area (Å²) in [7, 11) is 0. The number of aromatic amines is 1. The molecule has 1 heterocycles. The topological polar surface area (TPSA) is 39.6 Å². The number of fused-ring (bicyclic) bond motifs is 1. The Morgan fingerprint density at radius 3 is 2.78 bits per heavy atom. The summed E-state index contributed by atoms with van der Waals surface area (Å²) >= 11 is 3.51. The van der Waals surface area contributed by atoms with E-state index in [0.717, 1.165) is 26.5 Å². The molecule has 0 aliphatic rings. The lowest BCUT2D eigenvalue weighted by molar-refractivity contribution is 1.46. The van der Waals surface area contributed by atoms with E-state index in [1.54, 1.807) is 0 Å².